The maximum atomic E-state index is 12.6. The molecule has 1 atom stereocenters. The number of carbonyl (C=O) groups excluding carboxylic acids is 1. The van der Waals surface area contributed by atoms with Crippen molar-refractivity contribution in [3.8, 4) is 11.5 Å². The number of benzene rings is 1. The molecule has 0 fully saturated rings. The summed E-state index contributed by atoms with van der Waals surface area (Å²) in [5.41, 5.74) is 1.06. The highest BCUT2D eigenvalue weighted by Crippen LogP contribution is 2.41. The predicted molar refractivity (Wildman–Crippen MR) is 98.6 cm³/mol. The molecular weight excluding hydrogens is 356 g/mol. The van der Waals surface area contributed by atoms with Crippen LogP contribution in [0.3, 0.4) is 0 Å². The molecule has 3 heterocycles. The molecule has 1 aliphatic heterocycles. The van der Waals surface area contributed by atoms with Gasteiger partial charge in [-0.05, 0) is 41.3 Å². The smallest absolute Gasteiger partial charge is 0.231 e. The summed E-state index contributed by atoms with van der Waals surface area (Å²) < 4.78 is 16.3. The van der Waals surface area contributed by atoms with Gasteiger partial charge in [0, 0.05) is 11.7 Å². The Labute approximate surface area is 153 Å². The first-order chi connectivity index (χ1) is 12.3. The van der Waals surface area contributed by atoms with Crippen LogP contribution < -0.4 is 9.47 Å². The standard InChI is InChI=1S/C19H16O4S2/c20-15(18-4-2-8-24-18)10-19(25-11-14-3-1-7-21-14)13-5-6-16-17(9-13)23-12-22-16/h1-9,19H,10-12H2/t19-/m1/s1. The average molecular weight is 372 g/mol. The normalized spacial score (nSPS) is 13.8. The highest BCUT2D eigenvalue weighted by atomic mass is 32.2. The largest absolute Gasteiger partial charge is 0.468 e. The third-order valence-corrected chi connectivity index (χ3v) is 6.15. The minimum atomic E-state index is 0.0224. The van der Waals surface area contributed by atoms with E-state index in [1.807, 2.05) is 47.8 Å². The maximum Gasteiger partial charge on any atom is 0.231 e. The Kier molecular flexibility index (Phi) is 4.81. The maximum absolute atomic E-state index is 12.6. The van der Waals surface area contributed by atoms with Gasteiger partial charge in [0.15, 0.2) is 17.3 Å². The van der Waals surface area contributed by atoms with Crippen molar-refractivity contribution in [2.45, 2.75) is 17.4 Å². The molecule has 1 aliphatic rings. The number of thioether (sulfide) groups is 1. The van der Waals surface area contributed by atoms with E-state index in [4.69, 9.17) is 13.9 Å². The number of ketones is 1. The lowest BCUT2D eigenvalue weighted by molar-refractivity contribution is 0.0986. The summed E-state index contributed by atoms with van der Waals surface area (Å²) in [5.74, 6) is 3.26. The molecule has 0 spiro atoms. The third kappa shape index (κ3) is 3.75. The number of furan rings is 1. The van der Waals surface area contributed by atoms with Gasteiger partial charge in [0.1, 0.15) is 5.76 Å². The van der Waals surface area contributed by atoms with Gasteiger partial charge in [0.25, 0.3) is 0 Å². The quantitative estimate of drug-likeness (QED) is 0.526. The van der Waals surface area contributed by atoms with Crippen LogP contribution in [0.1, 0.15) is 32.7 Å². The van der Waals surface area contributed by atoms with Crippen LogP contribution in [0.2, 0.25) is 0 Å². The molecule has 0 saturated carbocycles. The number of hydrogen-bond donors (Lipinski definition) is 0. The topological polar surface area (TPSA) is 48.7 Å². The molecule has 0 unspecified atom stereocenters. The van der Waals surface area contributed by atoms with Crippen molar-refractivity contribution in [2.24, 2.45) is 0 Å². The first kappa shape index (κ1) is 16.3. The van der Waals surface area contributed by atoms with Crippen LogP contribution in [-0.2, 0) is 5.75 Å². The summed E-state index contributed by atoms with van der Waals surface area (Å²) in [4.78, 5) is 13.4. The second-order valence-electron chi connectivity index (χ2n) is 5.60. The van der Waals surface area contributed by atoms with Gasteiger partial charge in [-0.15, -0.1) is 23.1 Å². The van der Waals surface area contributed by atoms with Gasteiger partial charge in [-0.2, -0.15) is 0 Å². The second kappa shape index (κ2) is 7.37. The van der Waals surface area contributed by atoms with Gasteiger partial charge in [-0.1, -0.05) is 12.1 Å². The van der Waals surface area contributed by atoms with E-state index in [-0.39, 0.29) is 17.8 Å². The zero-order valence-electron chi connectivity index (χ0n) is 13.3. The predicted octanol–water partition coefficient (Wildman–Crippen LogP) is 5.32. The van der Waals surface area contributed by atoms with Crippen LogP contribution in [0.4, 0.5) is 0 Å². The van der Waals surface area contributed by atoms with Gasteiger partial charge in [-0.3, -0.25) is 4.79 Å². The van der Waals surface area contributed by atoms with Crippen LogP contribution in [0, 0.1) is 0 Å². The summed E-state index contributed by atoms with van der Waals surface area (Å²) in [7, 11) is 0. The van der Waals surface area contributed by atoms with E-state index < -0.39 is 0 Å². The van der Waals surface area contributed by atoms with Gasteiger partial charge < -0.3 is 13.9 Å². The number of thiophene rings is 1. The van der Waals surface area contributed by atoms with Crippen LogP contribution >= 0.6 is 23.1 Å². The van der Waals surface area contributed by atoms with Crippen LogP contribution in [0.25, 0.3) is 0 Å². The molecule has 4 rings (SSSR count). The lowest BCUT2D eigenvalue weighted by atomic mass is 10.1. The lowest BCUT2D eigenvalue weighted by Gasteiger charge is -2.16. The SMILES string of the molecule is O=C(C[C@@H](SCc1ccco1)c1ccc2c(c1)OCO2)c1cccs1. The fraction of sp³-hybridized carbons (Fsp3) is 0.211. The monoisotopic (exact) mass is 372 g/mol. The molecule has 3 aromatic rings. The van der Waals surface area contributed by atoms with Gasteiger partial charge in [0.2, 0.25) is 6.79 Å². The van der Waals surface area contributed by atoms with Crippen LogP contribution in [0.15, 0.2) is 58.5 Å². The Morgan fingerprint density at radius 3 is 2.88 bits per heavy atom. The third-order valence-electron chi connectivity index (χ3n) is 3.94. The fourth-order valence-electron chi connectivity index (χ4n) is 2.67. The first-order valence-electron chi connectivity index (χ1n) is 7.90. The van der Waals surface area contributed by atoms with E-state index in [2.05, 4.69) is 0 Å². The molecule has 0 aliphatic carbocycles. The number of ether oxygens (including phenoxy) is 2. The Balaban J connectivity index is 1.55. The van der Waals surface area contributed by atoms with E-state index in [0.717, 1.165) is 27.7 Å². The number of rotatable bonds is 7. The minimum Gasteiger partial charge on any atom is -0.468 e. The fourth-order valence-corrected chi connectivity index (χ4v) is 4.48. The zero-order valence-corrected chi connectivity index (χ0v) is 15.0. The van der Waals surface area contributed by atoms with Crippen LogP contribution in [-0.4, -0.2) is 12.6 Å². The Bertz CT molecular complexity index is 840. The number of carbonyl (C=O) groups is 1. The van der Waals surface area contributed by atoms with Crippen LogP contribution in [0.5, 0.6) is 11.5 Å². The summed E-state index contributed by atoms with van der Waals surface area (Å²) in [5, 5.41) is 1.95. The molecular formula is C19H16O4S2. The van der Waals surface area contributed by atoms with Crippen molar-refractivity contribution in [3.63, 3.8) is 0 Å². The van der Waals surface area contributed by atoms with Gasteiger partial charge >= 0.3 is 0 Å². The Hall–Kier alpha value is -2.18. The van der Waals surface area contributed by atoms with Crippen molar-refractivity contribution in [2.75, 3.05) is 6.79 Å². The van der Waals surface area contributed by atoms with E-state index >= 15 is 0 Å². The summed E-state index contributed by atoms with van der Waals surface area (Å²) in [6.07, 6.45) is 2.10. The van der Waals surface area contributed by atoms with Gasteiger partial charge in [0.05, 0.1) is 16.9 Å². The molecule has 25 heavy (non-hydrogen) atoms. The number of Topliss-reactive ketones (excluding diaryl/α,β-unsaturated/α-hetero) is 1. The molecule has 4 nitrogen and oxygen atoms in total. The molecule has 0 radical (unpaired) electrons. The van der Waals surface area contributed by atoms with E-state index in [0.29, 0.717) is 12.2 Å². The summed E-state index contributed by atoms with van der Waals surface area (Å²) in [6, 6.07) is 13.5. The van der Waals surface area contributed by atoms with E-state index in [1.54, 1.807) is 18.0 Å². The van der Waals surface area contributed by atoms with E-state index in [9.17, 15) is 4.79 Å². The molecule has 0 bridgehead atoms. The van der Waals surface area contributed by atoms with Crippen molar-refractivity contribution >= 4 is 28.9 Å². The number of fused-ring (bicyclic) bond motifs is 1. The number of hydrogen-bond acceptors (Lipinski definition) is 6. The highest BCUT2D eigenvalue weighted by Gasteiger charge is 2.22. The Morgan fingerprint density at radius 1 is 1.16 bits per heavy atom. The molecule has 128 valence electrons. The highest BCUT2D eigenvalue weighted by molar-refractivity contribution is 7.98. The Morgan fingerprint density at radius 2 is 2.08 bits per heavy atom. The minimum absolute atomic E-state index is 0.0224. The average Bonchev–Trinajstić information content (AvgIpc) is 3.40. The van der Waals surface area contributed by atoms with Crippen molar-refractivity contribution < 1.29 is 18.7 Å². The summed E-state index contributed by atoms with van der Waals surface area (Å²) in [6.45, 7) is 0.247. The van der Waals surface area contributed by atoms with Gasteiger partial charge in [-0.25, -0.2) is 0 Å². The van der Waals surface area contributed by atoms with Crippen molar-refractivity contribution in [3.05, 3.63) is 70.3 Å². The molecule has 0 N–H and O–H groups in total. The molecule has 6 heteroatoms. The molecule has 0 amide bonds. The molecule has 1 aromatic carbocycles. The zero-order chi connectivity index (χ0) is 17.1. The van der Waals surface area contributed by atoms with Crippen molar-refractivity contribution in [1.29, 1.82) is 0 Å². The summed E-state index contributed by atoms with van der Waals surface area (Å²) >= 11 is 3.18. The lowest BCUT2D eigenvalue weighted by Crippen LogP contribution is -2.04. The molecule has 0 saturated heterocycles. The second-order valence-corrected chi connectivity index (χ2v) is 7.74. The van der Waals surface area contributed by atoms with Crippen molar-refractivity contribution in [1.82, 2.24) is 0 Å². The first-order valence-corrected chi connectivity index (χ1v) is 9.82. The molecule has 2 aromatic heterocycles. The van der Waals surface area contributed by atoms with E-state index in [1.165, 1.54) is 11.3 Å².